The third kappa shape index (κ3) is 11.2. The molecule has 0 amide bonds. The minimum atomic E-state index is 0. The molecule has 2 heterocycles. The van der Waals surface area contributed by atoms with Gasteiger partial charge in [-0.1, -0.05) is 36.9 Å². The van der Waals surface area contributed by atoms with Crippen molar-refractivity contribution in [1.29, 1.82) is 0 Å². The summed E-state index contributed by atoms with van der Waals surface area (Å²) in [5.74, 6) is 1.08. The number of aromatic nitrogens is 2. The van der Waals surface area contributed by atoms with E-state index in [0.29, 0.717) is 12.3 Å². The monoisotopic (exact) mass is 574 g/mol. The van der Waals surface area contributed by atoms with Crippen molar-refractivity contribution < 1.29 is 9.84 Å². The van der Waals surface area contributed by atoms with E-state index in [1.807, 2.05) is 19.9 Å². The first-order chi connectivity index (χ1) is 10.8. The summed E-state index contributed by atoms with van der Waals surface area (Å²) >= 11 is 8.79. The predicted molar refractivity (Wildman–Crippen MR) is 117 cm³/mol. The fourth-order valence-corrected chi connectivity index (χ4v) is 1.92. The van der Waals surface area contributed by atoms with Gasteiger partial charge in [-0.15, -0.1) is 0 Å². The van der Waals surface area contributed by atoms with Crippen LogP contribution in [0, 0.1) is 13.8 Å². The average molecular weight is 576 g/mol. The zero-order valence-electron chi connectivity index (χ0n) is 13.6. The summed E-state index contributed by atoms with van der Waals surface area (Å²) in [5, 5.41) is 9.01. The van der Waals surface area contributed by atoms with Crippen molar-refractivity contribution in [2.45, 2.75) is 35.1 Å². The Hall–Kier alpha value is -0.410. The molecule has 0 unspecified atom stereocenters. The second kappa shape index (κ2) is 14.9. The SMILES string of the molecule is C.CCI.CCOc1cc(Br)cnc1C.Cc1ncc(Br)cc1O. The van der Waals surface area contributed by atoms with Gasteiger partial charge in [0.25, 0.3) is 0 Å². The van der Waals surface area contributed by atoms with Crippen molar-refractivity contribution in [2.24, 2.45) is 0 Å². The van der Waals surface area contributed by atoms with Crippen LogP contribution in [0.1, 0.15) is 32.7 Å². The van der Waals surface area contributed by atoms with Crippen molar-refractivity contribution in [3.05, 3.63) is 44.9 Å². The molecule has 0 saturated carbocycles. The Labute approximate surface area is 175 Å². The van der Waals surface area contributed by atoms with E-state index in [4.69, 9.17) is 9.84 Å². The predicted octanol–water partition coefficient (Wildman–Crippen LogP) is 6.49. The average Bonchev–Trinajstić information content (AvgIpc) is 2.49. The van der Waals surface area contributed by atoms with E-state index < -0.39 is 0 Å². The molecular formula is C17H25Br2IN2O2. The molecule has 0 aliphatic carbocycles. The lowest BCUT2D eigenvalue weighted by molar-refractivity contribution is 0.336. The molecule has 0 aliphatic rings. The molecule has 1 N–H and O–H groups in total. The van der Waals surface area contributed by atoms with Gasteiger partial charge >= 0.3 is 0 Å². The summed E-state index contributed by atoms with van der Waals surface area (Å²) in [6.45, 7) is 8.43. The molecule has 0 fully saturated rings. The van der Waals surface area contributed by atoms with Gasteiger partial charge in [-0.3, -0.25) is 9.97 Å². The fourth-order valence-electron chi connectivity index (χ4n) is 1.29. The molecule has 0 radical (unpaired) electrons. The Bertz CT molecular complexity index is 599. The minimum Gasteiger partial charge on any atom is -0.506 e. The van der Waals surface area contributed by atoms with Crippen LogP contribution in [0.5, 0.6) is 11.5 Å². The number of halogens is 3. The van der Waals surface area contributed by atoms with E-state index in [1.165, 1.54) is 4.43 Å². The summed E-state index contributed by atoms with van der Waals surface area (Å²) in [4.78, 5) is 8.01. The Morgan fingerprint density at radius 2 is 1.50 bits per heavy atom. The van der Waals surface area contributed by atoms with Gasteiger partial charge in [0.05, 0.1) is 18.0 Å². The second-order valence-corrected chi connectivity index (χ2v) is 7.55. The topological polar surface area (TPSA) is 55.2 Å². The van der Waals surface area contributed by atoms with Crippen LogP contribution in [-0.2, 0) is 0 Å². The van der Waals surface area contributed by atoms with Crippen LogP contribution in [-0.4, -0.2) is 26.1 Å². The maximum atomic E-state index is 9.01. The zero-order valence-corrected chi connectivity index (χ0v) is 18.9. The van der Waals surface area contributed by atoms with Gasteiger partial charge in [0.15, 0.2) is 0 Å². The summed E-state index contributed by atoms with van der Waals surface area (Å²) < 4.78 is 8.29. The number of pyridine rings is 2. The molecule has 136 valence electrons. The molecule has 2 aromatic rings. The van der Waals surface area contributed by atoms with E-state index in [2.05, 4.69) is 71.3 Å². The Morgan fingerprint density at radius 1 is 1.04 bits per heavy atom. The van der Waals surface area contributed by atoms with Crippen LogP contribution >= 0.6 is 54.5 Å². The van der Waals surface area contributed by atoms with Gasteiger partial charge in [0, 0.05) is 21.3 Å². The quantitative estimate of drug-likeness (QED) is 0.329. The van der Waals surface area contributed by atoms with Gasteiger partial charge in [-0.2, -0.15) is 0 Å². The number of aryl methyl sites for hydroxylation is 2. The Morgan fingerprint density at radius 3 is 1.92 bits per heavy atom. The standard InChI is InChI=1S/C8H10BrNO.C6H6BrNO.C2H5I.CH4/c1-3-11-8-4-7(9)5-10-6(8)2;1-4-6(9)2-5(7)3-8-4;1-2-3;/h4-5H,3H2,1-2H3;2-3,9H,1H3;2H2,1H3;1H4. The highest BCUT2D eigenvalue weighted by Gasteiger charge is 1.99. The molecule has 0 aliphatic heterocycles. The third-order valence-corrected chi connectivity index (χ3v) is 3.20. The van der Waals surface area contributed by atoms with Crippen LogP contribution in [0.4, 0.5) is 0 Å². The lowest BCUT2D eigenvalue weighted by atomic mass is 10.3. The Balaban J connectivity index is 0. The zero-order chi connectivity index (χ0) is 17.8. The maximum absolute atomic E-state index is 9.01. The van der Waals surface area contributed by atoms with Crippen molar-refractivity contribution in [3.8, 4) is 11.5 Å². The van der Waals surface area contributed by atoms with E-state index in [9.17, 15) is 0 Å². The molecule has 0 atom stereocenters. The number of aromatic hydroxyl groups is 1. The van der Waals surface area contributed by atoms with Crippen LogP contribution in [0.2, 0.25) is 0 Å². The first kappa shape index (κ1) is 25.8. The first-order valence-electron chi connectivity index (χ1n) is 6.97. The third-order valence-electron chi connectivity index (χ3n) is 2.33. The fraction of sp³-hybridized carbons (Fsp3) is 0.412. The number of rotatable bonds is 2. The molecule has 0 bridgehead atoms. The molecule has 0 aromatic carbocycles. The van der Waals surface area contributed by atoms with Gasteiger partial charge < -0.3 is 9.84 Å². The number of hydrogen-bond donors (Lipinski definition) is 1. The molecule has 7 heteroatoms. The van der Waals surface area contributed by atoms with Gasteiger partial charge in [-0.05, 0) is 69.2 Å². The van der Waals surface area contributed by atoms with E-state index in [-0.39, 0.29) is 13.2 Å². The highest BCUT2D eigenvalue weighted by molar-refractivity contribution is 14.1. The lowest BCUT2D eigenvalue weighted by Crippen LogP contribution is -1.95. The van der Waals surface area contributed by atoms with E-state index in [1.54, 1.807) is 25.4 Å². The van der Waals surface area contributed by atoms with Gasteiger partial charge in [-0.25, -0.2) is 0 Å². The van der Waals surface area contributed by atoms with Crippen molar-refractivity contribution >= 4 is 54.5 Å². The smallest absolute Gasteiger partial charge is 0.141 e. The summed E-state index contributed by atoms with van der Waals surface area (Å²) in [6, 6.07) is 3.54. The van der Waals surface area contributed by atoms with Crippen LogP contribution in [0.3, 0.4) is 0 Å². The highest BCUT2D eigenvalue weighted by Crippen LogP contribution is 2.20. The molecular weight excluding hydrogens is 551 g/mol. The van der Waals surface area contributed by atoms with Gasteiger partial charge in [0.1, 0.15) is 11.5 Å². The van der Waals surface area contributed by atoms with Crippen molar-refractivity contribution in [1.82, 2.24) is 9.97 Å². The molecule has 2 aromatic heterocycles. The maximum Gasteiger partial charge on any atom is 0.141 e. The van der Waals surface area contributed by atoms with Crippen LogP contribution in [0.15, 0.2) is 33.5 Å². The minimum absolute atomic E-state index is 0. The Kier molecular flexibility index (Phi) is 16.0. The summed E-state index contributed by atoms with van der Waals surface area (Å²) in [6.07, 6.45) is 3.41. The lowest BCUT2D eigenvalue weighted by Gasteiger charge is -2.05. The summed E-state index contributed by atoms with van der Waals surface area (Å²) in [5.41, 5.74) is 1.58. The number of ether oxygens (including phenoxy) is 1. The molecule has 0 saturated heterocycles. The number of nitrogens with zero attached hydrogens (tertiary/aromatic N) is 2. The van der Waals surface area contributed by atoms with Gasteiger partial charge in [0.2, 0.25) is 0 Å². The largest absolute Gasteiger partial charge is 0.506 e. The first-order valence-corrected chi connectivity index (χ1v) is 10.1. The second-order valence-electron chi connectivity index (χ2n) is 4.20. The van der Waals surface area contributed by atoms with E-state index >= 15 is 0 Å². The normalized spacial score (nSPS) is 8.79. The molecule has 4 nitrogen and oxygen atoms in total. The number of alkyl halides is 1. The van der Waals surface area contributed by atoms with Crippen LogP contribution < -0.4 is 4.74 Å². The van der Waals surface area contributed by atoms with Crippen LogP contribution in [0.25, 0.3) is 0 Å². The summed E-state index contributed by atoms with van der Waals surface area (Å²) in [7, 11) is 0. The number of hydrogen-bond acceptors (Lipinski definition) is 4. The van der Waals surface area contributed by atoms with Crippen molar-refractivity contribution in [2.75, 3.05) is 11.0 Å². The van der Waals surface area contributed by atoms with E-state index in [0.717, 1.165) is 20.4 Å². The highest BCUT2D eigenvalue weighted by atomic mass is 127. The molecule has 2 rings (SSSR count). The van der Waals surface area contributed by atoms with Crippen molar-refractivity contribution in [3.63, 3.8) is 0 Å². The molecule has 0 spiro atoms. The molecule has 24 heavy (non-hydrogen) atoms.